The minimum absolute atomic E-state index is 0.126. The van der Waals surface area contributed by atoms with Crippen molar-refractivity contribution in [1.29, 1.82) is 0 Å². The van der Waals surface area contributed by atoms with Crippen molar-refractivity contribution in [2.24, 2.45) is 0 Å². The first-order chi connectivity index (χ1) is 13.9. The third-order valence-electron chi connectivity index (χ3n) is 5.38. The molecule has 6 heteroatoms. The Morgan fingerprint density at radius 2 is 1.83 bits per heavy atom. The Hall–Kier alpha value is -3.15. The average Bonchev–Trinajstić information content (AvgIpc) is 3.32. The number of aromatic hydroxyl groups is 1. The fraction of sp³-hybridized carbons (Fsp3) is 0.217. The smallest absolute Gasteiger partial charge is 0.416 e. The third kappa shape index (κ3) is 3.18. The van der Waals surface area contributed by atoms with Crippen LogP contribution in [0.3, 0.4) is 0 Å². The number of rotatable bonds is 4. The van der Waals surface area contributed by atoms with Crippen LogP contribution in [-0.4, -0.2) is 11.1 Å². The van der Waals surface area contributed by atoms with E-state index in [0.717, 1.165) is 36.1 Å². The minimum atomic E-state index is -4.46. The Bertz CT molecular complexity index is 1110. The summed E-state index contributed by atoms with van der Waals surface area (Å²) in [5.74, 6) is 0.239. The molecule has 0 radical (unpaired) electrons. The summed E-state index contributed by atoms with van der Waals surface area (Å²) in [5, 5.41) is 14.2. The maximum Gasteiger partial charge on any atom is 0.416 e. The Morgan fingerprint density at radius 1 is 1.03 bits per heavy atom. The van der Waals surface area contributed by atoms with E-state index >= 15 is 0 Å². The second-order valence-corrected chi connectivity index (χ2v) is 7.48. The van der Waals surface area contributed by atoms with Crippen molar-refractivity contribution >= 4 is 12.0 Å². The number of nitrogens with one attached hydrogen (secondary N) is 1. The van der Waals surface area contributed by atoms with E-state index in [1.54, 1.807) is 6.07 Å². The Morgan fingerprint density at radius 3 is 2.59 bits per heavy atom. The second-order valence-electron chi connectivity index (χ2n) is 7.48. The summed E-state index contributed by atoms with van der Waals surface area (Å²) in [4.78, 5) is 0. The number of hydrogen-bond acceptors (Lipinski definition) is 3. The highest BCUT2D eigenvalue weighted by atomic mass is 19.4. The summed E-state index contributed by atoms with van der Waals surface area (Å²) >= 11 is 0. The predicted molar refractivity (Wildman–Crippen MR) is 105 cm³/mol. The van der Waals surface area contributed by atoms with Gasteiger partial charge in [0.25, 0.3) is 0 Å². The van der Waals surface area contributed by atoms with Gasteiger partial charge in [0.1, 0.15) is 0 Å². The lowest BCUT2D eigenvalue weighted by atomic mass is 9.96. The zero-order chi connectivity index (χ0) is 20.2. The van der Waals surface area contributed by atoms with Crippen LogP contribution < -0.4 is 5.32 Å². The summed E-state index contributed by atoms with van der Waals surface area (Å²) in [7, 11) is 0. The molecule has 0 amide bonds. The highest BCUT2D eigenvalue weighted by Crippen LogP contribution is 2.49. The van der Waals surface area contributed by atoms with E-state index in [1.165, 1.54) is 6.07 Å². The van der Waals surface area contributed by atoms with E-state index in [0.29, 0.717) is 11.6 Å². The van der Waals surface area contributed by atoms with Gasteiger partial charge >= 0.3 is 6.18 Å². The number of hydrogen-bond donors (Lipinski definition) is 2. The van der Waals surface area contributed by atoms with Crippen molar-refractivity contribution < 1.29 is 22.7 Å². The van der Waals surface area contributed by atoms with Gasteiger partial charge < -0.3 is 14.8 Å². The standard InChI is InChI=1S/C23H18F3NO2/c24-23(25,26)15-6-3-5-14(12-15)19-20(28)21(29-22(19)27-16-9-10-16)18-11-8-13-4-1-2-7-17(13)18/h1-8,11-12,16,18,27-28H,9-10H2. The van der Waals surface area contributed by atoms with Crippen LogP contribution in [0.2, 0.25) is 0 Å². The molecule has 148 valence electrons. The van der Waals surface area contributed by atoms with Crippen LogP contribution in [0.1, 0.15) is 41.2 Å². The predicted octanol–water partition coefficient (Wildman–Crippen LogP) is 6.40. The summed E-state index contributed by atoms with van der Waals surface area (Å²) in [5.41, 5.74) is 1.80. The molecule has 0 spiro atoms. The maximum absolute atomic E-state index is 13.2. The molecule has 1 aromatic heterocycles. The summed E-state index contributed by atoms with van der Waals surface area (Å²) in [6.45, 7) is 0. The lowest BCUT2D eigenvalue weighted by Crippen LogP contribution is -2.05. The number of allylic oxidation sites excluding steroid dienone is 1. The lowest BCUT2D eigenvalue weighted by Gasteiger charge is -2.10. The van der Waals surface area contributed by atoms with Crippen molar-refractivity contribution in [1.82, 2.24) is 0 Å². The van der Waals surface area contributed by atoms with Crippen molar-refractivity contribution in [3.05, 3.63) is 77.1 Å². The van der Waals surface area contributed by atoms with Crippen LogP contribution in [0.15, 0.2) is 59.0 Å². The molecule has 29 heavy (non-hydrogen) atoms. The largest absolute Gasteiger partial charge is 0.504 e. The van der Waals surface area contributed by atoms with Gasteiger partial charge in [-0.05, 0) is 41.7 Å². The molecule has 1 heterocycles. The van der Waals surface area contributed by atoms with Gasteiger partial charge in [-0.2, -0.15) is 13.2 Å². The van der Waals surface area contributed by atoms with Crippen molar-refractivity contribution in [2.75, 3.05) is 5.32 Å². The number of benzene rings is 2. The Labute approximate surface area is 165 Å². The van der Waals surface area contributed by atoms with Gasteiger partial charge in [-0.25, -0.2) is 0 Å². The van der Waals surface area contributed by atoms with Crippen molar-refractivity contribution in [3.63, 3.8) is 0 Å². The first-order valence-electron chi connectivity index (χ1n) is 9.49. The fourth-order valence-corrected chi connectivity index (χ4v) is 3.76. The number of fused-ring (bicyclic) bond motifs is 1. The van der Waals surface area contributed by atoms with Gasteiger partial charge in [-0.3, -0.25) is 0 Å². The monoisotopic (exact) mass is 397 g/mol. The normalized spacial score (nSPS) is 18.1. The Kier molecular flexibility index (Phi) is 3.98. The van der Waals surface area contributed by atoms with Crippen molar-refractivity contribution in [2.45, 2.75) is 31.0 Å². The second kappa shape index (κ2) is 6.44. The molecule has 3 nitrogen and oxygen atoms in total. The van der Waals surface area contributed by atoms with E-state index in [-0.39, 0.29) is 28.8 Å². The van der Waals surface area contributed by atoms with Crippen LogP contribution in [0.5, 0.6) is 5.75 Å². The zero-order valence-electron chi connectivity index (χ0n) is 15.3. The first kappa shape index (κ1) is 17.9. The molecule has 0 bridgehead atoms. The molecule has 0 saturated heterocycles. The number of furan rings is 1. The topological polar surface area (TPSA) is 45.4 Å². The van der Waals surface area contributed by atoms with Crippen LogP contribution >= 0.6 is 0 Å². The van der Waals surface area contributed by atoms with Gasteiger partial charge in [0, 0.05) is 6.04 Å². The Balaban J connectivity index is 1.63. The van der Waals surface area contributed by atoms with E-state index in [2.05, 4.69) is 5.32 Å². The van der Waals surface area contributed by atoms with Crippen LogP contribution in [-0.2, 0) is 6.18 Å². The van der Waals surface area contributed by atoms with E-state index < -0.39 is 11.7 Å². The molecule has 2 aromatic carbocycles. The zero-order valence-corrected chi connectivity index (χ0v) is 15.3. The molecule has 2 aliphatic rings. The molecule has 2 N–H and O–H groups in total. The molecule has 3 aromatic rings. The van der Waals surface area contributed by atoms with E-state index in [1.807, 2.05) is 36.4 Å². The highest BCUT2D eigenvalue weighted by Gasteiger charge is 2.34. The number of alkyl halides is 3. The molecule has 1 saturated carbocycles. The average molecular weight is 397 g/mol. The molecule has 2 aliphatic carbocycles. The highest BCUT2D eigenvalue weighted by molar-refractivity contribution is 5.83. The minimum Gasteiger partial charge on any atom is -0.504 e. The number of halogens is 3. The van der Waals surface area contributed by atoms with Crippen LogP contribution in [0, 0.1) is 0 Å². The van der Waals surface area contributed by atoms with E-state index in [9.17, 15) is 18.3 Å². The first-order valence-corrected chi connectivity index (χ1v) is 9.49. The van der Waals surface area contributed by atoms with Crippen LogP contribution in [0.25, 0.3) is 17.2 Å². The quantitative estimate of drug-likeness (QED) is 0.535. The van der Waals surface area contributed by atoms with Gasteiger partial charge in [0.2, 0.25) is 5.88 Å². The molecular formula is C23H18F3NO2. The van der Waals surface area contributed by atoms with Gasteiger partial charge in [0.05, 0.1) is 17.0 Å². The van der Waals surface area contributed by atoms with Crippen molar-refractivity contribution in [3.8, 4) is 16.9 Å². The molecule has 1 atom stereocenters. The van der Waals surface area contributed by atoms with Gasteiger partial charge in [0.15, 0.2) is 11.5 Å². The van der Waals surface area contributed by atoms with Crippen LogP contribution in [0.4, 0.5) is 19.1 Å². The maximum atomic E-state index is 13.2. The lowest BCUT2D eigenvalue weighted by molar-refractivity contribution is -0.137. The summed E-state index contributed by atoms with van der Waals surface area (Å²) in [6.07, 6.45) is 1.35. The summed E-state index contributed by atoms with van der Waals surface area (Å²) in [6, 6.07) is 13.0. The molecular weight excluding hydrogens is 379 g/mol. The fourth-order valence-electron chi connectivity index (χ4n) is 3.76. The van der Waals surface area contributed by atoms with Gasteiger partial charge in [-0.15, -0.1) is 0 Å². The van der Waals surface area contributed by atoms with Gasteiger partial charge in [-0.1, -0.05) is 48.6 Å². The molecule has 1 fully saturated rings. The molecule has 5 rings (SSSR count). The molecule has 0 aliphatic heterocycles. The number of anilines is 1. The molecule has 1 unspecified atom stereocenters. The SMILES string of the molecule is Oc1c(C2C=Cc3ccccc32)oc(NC2CC2)c1-c1cccc(C(F)(F)F)c1. The third-order valence-corrected chi connectivity index (χ3v) is 5.38. The summed E-state index contributed by atoms with van der Waals surface area (Å²) < 4.78 is 45.7. The van der Waals surface area contributed by atoms with E-state index in [4.69, 9.17) is 4.42 Å².